The molecular weight excluding hydrogens is 314 g/mol. The van der Waals surface area contributed by atoms with E-state index in [1.165, 1.54) is 25.7 Å². The van der Waals surface area contributed by atoms with Gasteiger partial charge in [0, 0.05) is 37.6 Å². The highest BCUT2D eigenvalue weighted by atomic mass is 16.2. The van der Waals surface area contributed by atoms with Crippen LogP contribution in [0.4, 0.5) is 0 Å². The highest BCUT2D eigenvalue weighted by molar-refractivity contribution is 5.84. The molecule has 3 fully saturated rings. The summed E-state index contributed by atoms with van der Waals surface area (Å²) < 4.78 is 1.89. The van der Waals surface area contributed by atoms with Gasteiger partial charge in [-0.3, -0.25) is 9.48 Å². The van der Waals surface area contributed by atoms with Gasteiger partial charge in [0.1, 0.15) is 5.54 Å². The summed E-state index contributed by atoms with van der Waals surface area (Å²) in [6, 6.07) is 3.03. The standard InChI is InChI=1S/C19H31N5O/c25-18(19(8-11-20-12-9-19)24-13-3-10-21-24)22-16-6-14-23(15-7-16)17-4-1-2-5-17/h3,10,13,16-17,20H,1-2,4-9,11-12,14-15H2,(H,22,25). The average molecular weight is 345 g/mol. The molecule has 1 saturated carbocycles. The van der Waals surface area contributed by atoms with Gasteiger partial charge in [-0.05, 0) is 57.7 Å². The Kier molecular flexibility index (Phi) is 5.08. The Hall–Kier alpha value is -1.40. The van der Waals surface area contributed by atoms with E-state index in [1.54, 1.807) is 6.20 Å². The van der Waals surface area contributed by atoms with Crippen LogP contribution in [-0.4, -0.2) is 58.9 Å². The summed E-state index contributed by atoms with van der Waals surface area (Å²) in [5, 5.41) is 11.2. The molecule has 0 aromatic carbocycles. The first-order chi connectivity index (χ1) is 12.3. The number of hydrogen-bond donors (Lipinski definition) is 2. The van der Waals surface area contributed by atoms with Gasteiger partial charge >= 0.3 is 0 Å². The maximum Gasteiger partial charge on any atom is 0.248 e. The molecule has 0 unspecified atom stereocenters. The molecule has 0 spiro atoms. The molecule has 6 nitrogen and oxygen atoms in total. The van der Waals surface area contributed by atoms with E-state index in [0.717, 1.165) is 57.9 Å². The molecule has 3 aliphatic rings. The van der Waals surface area contributed by atoms with E-state index in [4.69, 9.17) is 0 Å². The number of aromatic nitrogens is 2. The van der Waals surface area contributed by atoms with E-state index in [0.29, 0.717) is 6.04 Å². The van der Waals surface area contributed by atoms with Gasteiger partial charge in [-0.2, -0.15) is 5.10 Å². The van der Waals surface area contributed by atoms with Gasteiger partial charge in [0.05, 0.1) is 0 Å². The molecule has 138 valence electrons. The number of rotatable bonds is 4. The van der Waals surface area contributed by atoms with E-state index >= 15 is 0 Å². The summed E-state index contributed by atoms with van der Waals surface area (Å²) in [4.78, 5) is 15.9. The fraction of sp³-hybridized carbons (Fsp3) is 0.789. The molecule has 1 aromatic heterocycles. The van der Waals surface area contributed by atoms with Gasteiger partial charge in [0.2, 0.25) is 5.91 Å². The van der Waals surface area contributed by atoms with Crippen LogP contribution in [0.25, 0.3) is 0 Å². The molecule has 1 aromatic rings. The SMILES string of the molecule is O=C(NC1CCN(C2CCCC2)CC1)C1(n2cccn2)CCNCC1. The maximum atomic E-state index is 13.2. The van der Waals surface area contributed by atoms with Crippen LogP contribution in [0.3, 0.4) is 0 Å². The summed E-state index contributed by atoms with van der Waals surface area (Å²) >= 11 is 0. The van der Waals surface area contributed by atoms with E-state index in [9.17, 15) is 4.79 Å². The van der Waals surface area contributed by atoms with Crippen LogP contribution in [0.2, 0.25) is 0 Å². The normalized spacial score (nSPS) is 25.9. The van der Waals surface area contributed by atoms with E-state index < -0.39 is 5.54 Å². The van der Waals surface area contributed by atoms with Crippen molar-refractivity contribution in [2.45, 2.75) is 69.0 Å². The highest BCUT2D eigenvalue weighted by Gasteiger charge is 2.43. The Morgan fingerprint density at radius 1 is 1.12 bits per heavy atom. The van der Waals surface area contributed by atoms with E-state index in [2.05, 4.69) is 20.6 Å². The molecule has 2 saturated heterocycles. The highest BCUT2D eigenvalue weighted by Crippen LogP contribution is 2.29. The lowest BCUT2D eigenvalue weighted by Crippen LogP contribution is -2.57. The van der Waals surface area contributed by atoms with Crippen LogP contribution < -0.4 is 10.6 Å². The molecule has 4 rings (SSSR count). The smallest absolute Gasteiger partial charge is 0.248 e. The molecule has 2 aliphatic heterocycles. The Balaban J connectivity index is 1.37. The van der Waals surface area contributed by atoms with Crippen LogP contribution in [0, 0.1) is 0 Å². The third kappa shape index (κ3) is 3.47. The molecule has 3 heterocycles. The minimum absolute atomic E-state index is 0.164. The third-order valence-electron chi connectivity index (χ3n) is 6.50. The zero-order chi connectivity index (χ0) is 17.1. The van der Waals surface area contributed by atoms with Crippen molar-refractivity contribution in [3.63, 3.8) is 0 Å². The molecule has 1 amide bonds. The van der Waals surface area contributed by atoms with Crippen molar-refractivity contribution in [2.24, 2.45) is 0 Å². The number of piperidine rings is 2. The zero-order valence-electron chi connectivity index (χ0n) is 15.1. The summed E-state index contributed by atoms with van der Waals surface area (Å²) in [5.41, 5.74) is -0.517. The van der Waals surface area contributed by atoms with Gasteiger partial charge in [0.25, 0.3) is 0 Å². The van der Waals surface area contributed by atoms with Gasteiger partial charge in [-0.15, -0.1) is 0 Å². The first kappa shape index (κ1) is 17.0. The largest absolute Gasteiger partial charge is 0.351 e. The monoisotopic (exact) mass is 345 g/mol. The summed E-state index contributed by atoms with van der Waals surface area (Å²) in [6.45, 7) is 4.00. The van der Waals surface area contributed by atoms with Gasteiger partial charge in [-0.1, -0.05) is 12.8 Å². The van der Waals surface area contributed by atoms with Crippen LogP contribution in [-0.2, 0) is 10.3 Å². The predicted octanol–water partition coefficient (Wildman–Crippen LogP) is 1.48. The third-order valence-corrected chi connectivity index (χ3v) is 6.50. The van der Waals surface area contributed by atoms with Crippen molar-refractivity contribution >= 4 is 5.91 Å². The first-order valence-electron chi connectivity index (χ1n) is 10.0. The lowest BCUT2D eigenvalue weighted by atomic mass is 9.86. The molecule has 6 heteroatoms. The minimum atomic E-state index is -0.517. The van der Waals surface area contributed by atoms with Crippen LogP contribution in [0.15, 0.2) is 18.5 Å². The Morgan fingerprint density at radius 2 is 1.84 bits per heavy atom. The first-order valence-corrected chi connectivity index (χ1v) is 10.0. The topological polar surface area (TPSA) is 62.2 Å². The molecular formula is C19H31N5O. The lowest BCUT2D eigenvalue weighted by molar-refractivity contribution is -0.133. The minimum Gasteiger partial charge on any atom is -0.351 e. The Morgan fingerprint density at radius 3 is 2.48 bits per heavy atom. The number of likely N-dealkylation sites (tertiary alicyclic amines) is 1. The fourth-order valence-electron chi connectivity index (χ4n) is 4.92. The number of nitrogens with one attached hydrogen (secondary N) is 2. The fourth-order valence-corrected chi connectivity index (χ4v) is 4.92. The predicted molar refractivity (Wildman–Crippen MR) is 97.3 cm³/mol. The van der Waals surface area contributed by atoms with Crippen molar-refractivity contribution in [1.82, 2.24) is 25.3 Å². The number of hydrogen-bond acceptors (Lipinski definition) is 4. The number of carbonyl (C=O) groups is 1. The molecule has 0 radical (unpaired) electrons. The molecule has 1 aliphatic carbocycles. The molecule has 0 bridgehead atoms. The van der Waals surface area contributed by atoms with Gasteiger partial charge in [0.15, 0.2) is 0 Å². The van der Waals surface area contributed by atoms with E-state index in [-0.39, 0.29) is 5.91 Å². The van der Waals surface area contributed by atoms with Crippen molar-refractivity contribution in [2.75, 3.05) is 26.2 Å². The maximum absolute atomic E-state index is 13.2. The Labute approximate surface area is 150 Å². The van der Waals surface area contributed by atoms with Gasteiger partial charge < -0.3 is 15.5 Å². The average Bonchev–Trinajstić information content (AvgIpc) is 3.37. The summed E-state index contributed by atoms with van der Waals surface area (Å²) in [6.07, 6.45) is 13.0. The second kappa shape index (κ2) is 7.46. The van der Waals surface area contributed by atoms with Crippen molar-refractivity contribution in [1.29, 1.82) is 0 Å². The molecule has 2 N–H and O–H groups in total. The zero-order valence-corrected chi connectivity index (χ0v) is 15.1. The molecule has 0 atom stereocenters. The quantitative estimate of drug-likeness (QED) is 0.868. The van der Waals surface area contributed by atoms with E-state index in [1.807, 2.05) is 16.9 Å². The number of amides is 1. The van der Waals surface area contributed by atoms with Crippen molar-refractivity contribution in [3.8, 4) is 0 Å². The van der Waals surface area contributed by atoms with Crippen LogP contribution in [0.5, 0.6) is 0 Å². The number of carbonyl (C=O) groups excluding carboxylic acids is 1. The van der Waals surface area contributed by atoms with Crippen LogP contribution >= 0.6 is 0 Å². The second-order valence-corrected chi connectivity index (χ2v) is 7.95. The summed E-state index contributed by atoms with van der Waals surface area (Å²) in [5.74, 6) is 0.164. The summed E-state index contributed by atoms with van der Waals surface area (Å²) in [7, 11) is 0. The lowest BCUT2D eigenvalue weighted by Gasteiger charge is -2.40. The van der Waals surface area contributed by atoms with Gasteiger partial charge in [-0.25, -0.2) is 0 Å². The second-order valence-electron chi connectivity index (χ2n) is 7.95. The Bertz CT molecular complexity index is 552. The van der Waals surface area contributed by atoms with Crippen LogP contribution in [0.1, 0.15) is 51.4 Å². The van der Waals surface area contributed by atoms with Crippen molar-refractivity contribution in [3.05, 3.63) is 18.5 Å². The van der Waals surface area contributed by atoms with Crippen molar-refractivity contribution < 1.29 is 4.79 Å². The number of nitrogens with zero attached hydrogens (tertiary/aromatic N) is 3. The molecule has 25 heavy (non-hydrogen) atoms.